The Labute approximate surface area is 155 Å². The van der Waals surface area contributed by atoms with Crippen LogP contribution >= 0.6 is 0 Å². The Hall–Kier alpha value is -2.82. The minimum absolute atomic E-state index is 0.0686. The molecule has 0 bridgehead atoms. The molecule has 2 rings (SSSR count). The van der Waals surface area contributed by atoms with Gasteiger partial charge in [0.15, 0.2) is 0 Å². The van der Waals surface area contributed by atoms with Gasteiger partial charge in [0.25, 0.3) is 5.91 Å². The van der Waals surface area contributed by atoms with Gasteiger partial charge >= 0.3 is 0 Å². The summed E-state index contributed by atoms with van der Waals surface area (Å²) < 4.78 is 0. The topological polar surface area (TPSA) is 61.4 Å². The van der Waals surface area contributed by atoms with Gasteiger partial charge in [0.05, 0.1) is 0 Å². The molecule has 0 heterocycles. The van der Waals surface area contributed by atoms with Crippen molar-refractivity contribution in [3.63, 3.8) is 0 Å². The highest BCUT2D eigenvalue weighted by atomic mass is 16.2. The number of anilines is 1. The van der Waals surface area contributed by atoms with Gasteiger partial charge in [0.2, 0.25) is 5.91 Å². The molecule has 0 saturated carbocycles. The van der Waals surface area contributed by atoms with Crippen molar-refractivity contribution >= 4 is 17.5 Å². The summed E-state index contributed by atoms with van der Waals surface area (Å²) in [6.07, 6.45) is 0. The van der Waals surface area contributed by atoms with Crippen LogP contribution in [0.15, 0.2) is 48.5 Å². The van der Waals surface area contributed by atoms with Gasteiger partial charge in [-0.25, -0.2) is 0 Å². The number of amides is 2. The van der Waals surface area contributed by atoms with Gasteiger partial charge in [-0.05, 0) is 49.2 Å². The molecule has 0 fully saturated rings. The molecule has 0 aliphatic rings. The summed E-state index contributed by atoms with van der Waals surface area (Å²) in [5, 5.41) is 5.71. The zero-order valence-corrected chi connectivity index (χ0v) is 15.7. The monoisotopic (exact) mass is 353 g/mol. The summed E-state index contributed by atoms with van der Waals surface area (Å²) in [6.45, 7) is 8.36. The summed E-state index contributed by atoms with van der Waals surface area (Å²) in [4.78, 5) is 25.5. The second kappa shape index (κ2) is 9.61. The fourth-order valence-corrected chi connectivity index (χ4v) is 2.70. The van der Waals surface area contributed by atoms with Crippen LogP contribution in [0.2, 0.25) is 0 Å². The van der Waals surface area contributed by atoms with E-state index in [-0.39, 0.29) is 11.8 Å². The largest absolute Gasteiger partial charge is 0.370 e. The highest BCUT2D eigenvalue weighted by Crippen LogP contribution is 2.15. The molecule has 0 unspecified atom stereocenters. The number of nitrogens with zero attached hydrogens (tertiary/aromatic N) is 1. The van der Waals surface area contributed by atoms with Crippen molar-refractivity contribution in [2.45, 2.75) is 27.3 Å². The molecule has 0 aromatic heterocycles. The van der Waals surface area contributed by atoms with Crippen molar-refractivity contribution in [1.82, 2.24) is 10.6 Å². The third-order valence-electron chi connectivity index (χ3n) is 4.17. The molecule has 2 amide bonds. The van der Waals surface area contributed by atoms with Crippen LogP contribution in [-0.2, 0) is 11.3 Å². The Balaban J connectivity index is 1.84. The van der Waals surface area contributed by atoms with E-state index in [4.69, 9.17) is 0 Å². The maximum absolute atomic E-state index is 12.3. The predicted octanol–water partition coefficient (Wildman–Crippen LogP) is 2.89. The summed E-state index contributed by atoms with van der Waals surface area (Å²) in [5.74, 6) is -0.155. The van der Waals surface area contributed by atoms with Crippen LogP contribution < -0.4 is 15.5 Å². The van der Waals surface area contributed by atoms with Gasteiger partial charge < -0.3 is 15.5 Å². The first-order valence-corrected chi connectivity index (χ1v) is 8.92. The van der Waals surface area contributed by atoms with E-state index < -0.39 is 0 Å². The number of hydrogen-bond donors (Lipinski definition) is 2. The lowest BCUT2D eigenvalue weighted by atomic mass is 10.1. The number of rotatable bonds is 8. The first kappa shape index (κ1) is 19.5. The second-order valence-electron chi connectivity index (χ2n) is 6.28. The molecule has 0 saturated heterocycles. The van der Waals surface area contributed by atoms with Gasteiger partial charge in [-0.2, -0.15) is 0 Å². The molecule has 2 aromatic rings. The molecular formula is C21H27N3O2. The van der Waals surface area contributed by atoms with Gasteiger partial charge in [-0.3, -0.25) is 9.59 Å². The zero-order valence-electron chi connectivity index (χ0n) is 15.7. The van der Waals surface area contributed by atoms with Crippen LogP contribution in [0.5, 0.6) is 0 Å². The van der Waals surface area contributed by atoms with E-state index >= 15 is 0 Å². The standard InChI is InChI=1S/C21H27N3O2/c1-4-24(20-7-5-6-16(2)14-20)13-12-22-21(26)19-10-8-18(9-11-19)15-23-17(3)25/h5-11,14H,4,12-13,15H2,1-3H3,(H,22,26)(H,23,25). The molecule has 138 valence electrons. The van der Waals surface area contributed by atoms with Crippen molar-refractivity contribution in [3.05, 3.63) is 65.2 Å². The van der Waals surface area contributed by atoms with E-state index in [2.05, 4.69) is 53.6 Å². The van der Waals surface area contributed by atoms with Gasteiger partial charge in [-0.1, -0.05) is 24.3 Å². The number of hydrogen-bond acceptors (Lipinski definition) is 3. The van der Waals surface area contributed by atoms with Crippen LogP contribution in [0.3, 0.4) is 0 Å². The Morgan fingerprint density at radius 1 is 1.04 bits per heavy atom. The maximum atomic E-state index is 12.3. The summed E-state index contributed by atoms with van der Waals surface area (Å²) in [6, 6.07) is 15.6. The molecule has 0 atom stereocenters. The summed E-state index contributed by atoms with van der Waals surface area (Å²) >= 11 is 0. The quantitative estimate of drug-likeness (QED) is 0.767. The Kier molecular flexibility index (Phi) is 7.21. The lowest BCUT2D eigenvalue weighted by molar-refractivity contribution is -0.119. The lowest BCUT2D eigenvalue weighted by Gasteiger charge is -2.23. The molecule has 0 aliphatic carbocycles. The number of carbonyl (C=O) groups excluding carboxylic acids is 2. The number of benzene rings is 2. The van der Waals surface area contributed by atoms with E-state index in [1.165, 1.54) is 18.2 Å². The zero-order chi connectivity index (χ0) is 18.9. The van der Waals surface area contributed by atoms with Crippen molar-refractivity contribution in [1.29, 1.82) is 0 Å². The van der Waals surface area contributed by atoms with Crippen LogP contribution in [0.25, 0.3) is 0 Å². The van der Waals surface area contributed by atoms with Crippen LogP contribution in [0.1, 0.15) is 35.3 Å². The average Bonchev–Trinajstić information content (AvgIpc) is 2.63. The fourth-order valence-electron chi connectivity index (χ4n) is 2.70. The SMILES string of the molecule is CCN(CCNC(=O)c1ccc(CNC(C)=O)cc1)c1cccc(C)c1. The van der Waals surface area contributed by atoms with Crippen molar-refractivity contribution in [2.75, 3.05) is 24.5 Å². The number of carbonyl (C=O) groups is 2. The fraction of sp³-hybridized carbons (Fsp3) is 0.333. The predicted molar refractivity (Wildman–Crippen MR) is 105 cm³/mol. The smallest absolute Gasteiger partial charge is 0.251 e. The summed E-state index contributed by atoms with van der Waals surface area (Å²) in [5.41, 5.74) is 3.98. The Morgan fingerprint density at radius 3 is 2.38 bits per heavy atom. The van der Waals surface area contributed by atoms with Gasteiger partial charge in [0, 0.05) is 44.4 Å². The van der Waals surface area contributed by atoms with E-state index in [1.54, 1.807) is 12.1 Å². The highest BCUT2D eigenvalue weighted by molar-refractivity contribution is 5.94. The molecule has 5 nitrogen and oxygen atoms in total. The summed E-state index contributed by atoms with van der Waals surface area (Å²) in [7, 11) is 0. The Morgan fingerprint density at radius 2 is 1.77 bits per heavy atom. The first-order chi connectivity index (χ1) is 12.5. The van der Waals surface area contributed by atoms with E-state index in [1.807, 2.05) is 12.1 Å². The average molecular weight is 353 g/mol. The minimum atomic E-state index is -0.0867. The van der Waals surface area contributed by atoms with E-state index in [9.17, 15) is 9.59 Å². The molecule has 5 heteroatoms. The molecule has 0 radical (unpaired) electrons. The van der Waals surface area contributed by atoms with Crippen molar-refractivity contribution in [2.24, 2.45) is 0 Å². The van der Waals surface area contributed by atoms with Crippen LogP contribution in [0, 0.1) is 6.92 Å². The molecule has 26 heavy (non-hydrogen) atoms. The molecule has 2 N–H and O–H groups in total. The van der Waals surface area contributed by atoms with Gasteiger partial charge in [-0.15, -0.1) is 0 Å². The lowest BCUT2D eigenvalue weighted by Crippen LogP contribution is -2.35. The highest BCUT2D eigenvalue weighted by Gasteiger charge is 2.08. The minimum Gasteiger partial charge on any atom is -0.370 e. The third kappa shape index (κ3) is 5.92. The molecule has 0 spiro atoms. The third-order valence-corrected chi connectivity index (χ3v) is 4.17. The normalized spacial score (nSPS) is 10.3. The first-order valence-electron chi connectivity index (χ1n) is 8.92. The van der Waals surface area contributed by atoms with E-state index in [0.717, 1.165) is 18.7 Å². The van der Waals surface area contributed by atoms with E-state index in [0.29, 0.717) is 18.7 Å². The van der Waals surface area contributed by atoms with Crippen LogP contribution in [-0.4, -0.2) is 31.4 Å². The number of likely N-dealkylation sites (N-methyl/N-ethyl adjacent to an activating group) is 1. The number of nitrogens with one attached hydrogen (secondary N) is 2. The molecule has 0 aliphatic heterocycles. The maximum Gasteiger partial charge on any atom is 0.251 e. The molecular weight excluding hydrogens is 326 g/mol. The number of aryl methyl sites for hydroxylation is 1. The van der Waals surface area contributed by atoms with Crippen molar-refractivity contribution in [3.8, 4) is 0 Å². The van der Waals surface area contributed by atoms with Gasteiger partial charge in [0.1, 0.15) is 0 Å². The van der Waals surface area contributed by atoms with Crippen molar-refractivity contribution < 1.29 is 9.59 Å². The van der Waals surface area contributed by atoms with Crippen LogP contribution in [0.4, 0.5) is 5.69 Å². The second-order valence-corrected chi connectivity index (χ2v) is 6.28. The molecule has 2 aromatic carbocycles. The Bertz CT molecular complexity index is 741.